The molecule has 1 aromatic carbocycles. The molecule has 1 aromatic rings. The average molecular weight is 284 g/mol. The highest BCUT2D eigenvalue weighted by atomic mass is 16.5. The lowest BCUT2D eigenvalue weighted by molar-refractivity contribution is -0.146. The van der Waals surface area contributed by atoms with Crippen LogP contribution in [0.4, 0.5) is 0 Å². The lowest BCUT2D eigenvalue weighted by atomic mass is 10.1. The van der Waals surface area contributed by atoms with Crippen molar-refractivity contribution >= 4 is 5.97 Å². The monoisotopic (exact) mass is 284 g/mol. The van der Waals surface area contributed by atoms with Crippen molar-refractivity contribution in [3.63, 3.8) is 0 Å². The number of allylic oxidation sites excluding steroid dienone is 1. The Balaban J connectivity index is 2.52. The molecule has 0 fully saturated rings. The van der Waals surface area contributed by atoms with Crippen LogP contribution in [-0.4, -0.2) is 12.1 Å². The summed E-state index contributed by atoms with van der Waals surface area (Å²) in [5, 5.41) is 0. The second-order valence-electron chi connectivity index (χ2n) is 5.64. The fourth-order valence-corrected chi connectivity index (χ4v) is 1.88. The molecule has 1 unspecified atom stereocenters. The fourth-order valence-electron chi connectivity index (χ4n) is 1.88. The van der Waals surface area contributed by atoms with Gasteiger partial charge < -0.3 is 4.74 Å². The van der Waals surface area contributed by atoms with Crippen molar-refractivity contribution in [1.29, 1.82) is 0 Å². The minimum absolute atomic E-state index is 0.194. The number of aryl methyl sites for hydroxylation is 1. The van der Waals surface area contributed by atoms with E-state index in [4.69, 9.17) is 4.74 Å². The fraction of sp³-hybridized carbons (Fsp3) is 0.421. The molecule has 0 spiro atoms. The van der Waals surface area contributed by atoms with Crippen molar-refractivity contribution in [2.24, 2.45) is 5.92 Å². The zero-order valence-corrected chi connectivity index (χ0v) is 13.2. The van der Waals surface area contributed by atoms with Crippen LogP contribution in [0.25, 0.3) is 0 Å². The minimum Gasteiger partial charge on any atom is -0.449 e. The predicted molar refractivity (Wildman–Crippen MR) is 86.7 cm³/mol. The van der Waals surface area contributed by atoms with E-state index in [0.29, 0.717) is 18.8 Å². The van der Waals surface area contributed by atoms with Crippen LogP contribution in [0.15, 0.2) is 42.5 Å². The smallest absolute Gasteiger partial charge is 0.307 e. The zero-order chi connectivity index (χ0) is 15.7. The molecular formula is C19H24O2. The summed E-state index contributed by atoms with van der Waals surface area (Å²) in [6.45, 7) is 9.77. The second-order valence-corrected chi connectivity index (χ2v) is 5.64. The number of esters is 1. The van der Waals surface area contributed by atoms with E-state index in [2.05, 4.69) is 32.3 Å². The minimum atomic E-state index is -0.343. The molecule has 1 atom stereocenters. The van der Waals surface area contributed by atoms with Crippen LogP contribution in [0.2, 0.25) is 0 Å². The van der Waals surface area contributed by atoms with Crippen molar-refractivity contribution in [1.82, 2.24) is 0 Å². The summed E-state index contributed by atoms with van der Waals surface area (Å²) in [5.74, 6) is 6.13. The van der Waals surface area contributed by atoms with Crippen molar-refractivity contribution in [3.05, 3.63) is 48.0 Å². The van der Waals surface area contributed by atoms with Gasteiger partial charge in [0.15, 0.2) is 6.10 Å². The number of carbonyl (C=O) groups is 1. The maximum atomic E-state index is 11.9. The van der Waals surface area contributed by atoms with E-state index in [1.54, 1.807) is 0 Å². The molecule has 0 aliphatic rings. The Morgan fingerprint density at radius 3 is 2.52 bits per heavy atom. The molecular weight excluding hydrogens is 260 g/mol. The third kappa shape index (κ3) is 7.99. The summed E-state index contributed by atoms with van der Waals surface area (Å²) in [6.07, 6.45) is 1.48. The van der Waals surface area contributed by atoms with Gasteiger partial charge in [0.05, 0.1) is 0 Å². The van der Waals surface area contributed by atoms with E-state index in [1.165, 1.54) is 0 Å². The Morgan fingerprint density at radius 1 is 1.29 bits per heavy atom. The lowest BCUT2D eigenvalue weighted by Crippen LogP contribution is -2.19. The van der Waals surface area contributed by atoms with E-state index >= 15 is 0 Å². The first-order valence-corrected chi connectivity index (χ1v) is 7.38. The van der Waals surface area contributed by atoms with Crippen LogP contribution in [-0.2, 0) is 16.0 Å². The van der Waals surface area contributed by atoms with Gasteiger partial charge in [-0.15, -0.1) is 0 Å². The van der Waals surface area contributed by atoms with Crippen molar-refractivity contribution in [3.8, 4) is 11.8 Å². The molecule has 0 saturated carbocycles. The molecule has 2 nitrogen and oxygen atoms in total. The quantitative estimate of drug-likeness (QED) is 0.579. The number of hydrogen-bond donors (Lipinski definition) is 0. The van der Waals surface area contributed by atoms with Gasteiger partial charge in [0.25, 0.3) is 0 Å². The first kappa shape index (κ1) is 17.0. The molecule has 0 saturated heterocycles. The molecule has 0 heterocycles. The summed E-state index contributed by atoms with van der Waals surface area (Å²) >= 11 is 0. The number of hydrogen-bond acceptors (Lipinski definition) is 2. The Hall–Kier alpha value is -2.01. The SMILES string of the molecule is C=C(C)C#CC(CC(C)C)OC(=O)CCc1ccccc1. The highest BCUT2D eigenvalue weighted by Crippen LogP contribution is 2.10. The zero-order valence-electron chi connectivity index (χ0n) is 13.2. The van der Waals surface area contributed by atoms with Gasteiger partial charge >= 0.3 is 5.97 Å². The van der Waals surface area contributed by atoms with Crippen molar-refractivity contribution in [2.75, 3.05) is 0 Å². The average Bonchev–Trinajstić information content (AvgIpc) is 2.43. The topological polar surface area (TPSA) is 26.3 Å². The maximum absolute atomic E-state index is 11.9. The summed E-state index contributed by atoms with van der Waals surface area (Å²) in [7, 11) is 0. The molecule has 0 amide bonds. The van der Waals surface area contributed by atoms with Crippen LogP contribution in [0.1, 0.15) is 39.2 Å². The van der Waals surface area contributed by atoms with Crippen LogP contribution in [0, 0.1) is 17.8 Å². The molecule has 0 radical (unpaired) electrons. The van der Waals surface area contributed by atoms with Crippen LogP contribution < -0.4 is 0 Å². The molecule has 1 rings (SSSR count). The summed E-state index contributed by atoms with van der Waals surface area (Å²) < 4.78 is 5.48. The molecule has 2 heteroatoms. The lowest BCUT2D eigenvalue weighted by Gasteiger charge is -2.14. The van der Waals surface area contributed by atoms with E-state index in [9.17, 15) is 4.79 Å². The third-order valence-electron chi connectivity index (χ3n) is 2.87. The first-order chi connectivity index (χ1) is 9.97. The molecule has 0 aromatic heterocycles. The van der Waals surface area contributed by atoms with Crippen LogP contribution in [0.3, 0.4) is 0 Å². The van der Waals surface area contributed by atoms with Gasteiger partial charge in [-0.25, -0.2) is 0 Å². The van der Waals surface area contributed by atoms with Gasteiger partial charge in [-0.1, -0.05) is 62.6 Å². The van der Waals surface area contributed by atoms with E-state index < -0.39 is 0 Å². The van der Waals surface area contributed by atoms with Crippen LogP contribution >= 0.6 is 0 Å². The summed E-state index contributed by atoms with van der Waals surface area (Å²) in [4.78, 5) is 11.9. The van der Waals surface area contributed by atoms with E-state index in [1.807, 2.05) is 37.3 Å². The highest BCUT2D eigenvalue weighted by Gasteiger charge is 2.13. The first-order valence-electron chi connectivity index (χ1n) is 7.38. The maximum Gasteiger partial charge on any atom is 0.307 e. The summed E-state index contributed by atoms with van der Waals surface area (Å²) in [6, 6.07) is 9.94. The van der Waals surface area contributed by atoms with Gasteiger partial charge in [0.2, 0.25) is 0 Å². The Labute approximate surface area is 128 Å². The molecule has 21 heavy (non-hydrogen) atoms. The molecule has 0 aliphatic carbocycles. The van der Waals surface area contributed by atoms with E-state index in [-0.39, 0.29) is 12.1 Å². The molecule has 112 valence electrons. The Morgan fingerprint density at radius 2 is 1.95 bits per heavy atom. The van der Waals surface area contributed by atoms with E-state index in [0.717, 1.165) is 17.6 Å². The summed E-state index contributed by atoms with van der Waals surface area (Å²) in [5.41, 5.74) is 1.92. The largest absolute Gasteiger partial charge is 0.449 e. The van der Waals surface area contributed by atoms with Crippen molar-refractivity contribution < 1.29 is 9.53 Å². The molecule has 0 N–H and O–H groups in total. The van der Waals surface area contributed by atoms with Crippen LogP contribution in [0.5, 0.6) is 0 Å². The van der Waals surface area contributed by atoms with Crippen molar-refractivity contribution in [2.45, 2.75) is 46.1 Å². The molecule has 0 bridgehead atoms. The Kier molecular flexibility index (Phi) is 7.32. The predicted octanol–water partition coefficient (Wildman–Crippen LogP) is 4.16. The number of benzene rings is 1. The third-order valence-corrected chi connectivity index (χ3v) is 2.87. The van der Waals surface area contributed by atoms with Gasteiger partial charge in [-0.3, -0.25) is 4.79 Å². The van der Waals surface area contributed by atoms with Gasteiger partial charge in [-0.05, 0) is 36.8 Å². The van der Waals surface area contributed by atoms with Gasteiger partial charge in [-0.2, -0.15) is 0 Å². The molecule has 0 aliphatic heterocycles. The van der Waals surface area contributed by atoms with Gasteiger partial charge in [0, 0.05) is 6.42 Å². The Bertz CT molecular complexity index is 517. The van der Waals surface area contributed by atoms with Gasteiger partial charge in [0.1, 0.15) is 0 Å². The second kappa shape index (κ2) is 9.02. The number of ether oxygens (including phenoxy) is 1. The normalized spacial score (nSPS) is 11.4. The number of carbonyl (C=O) groups excluding carboxylic acids is 1. The number of rotatable bonds is 6. The standard InChI is InChI=1S/C19H24O2/c1-15(2)10-12-18(14-16(3)4)21-19(20)13-11-17-8-6-5-7-9-17/h5-9,16,18H,1,11,13-14H2,2-4H3. The highest BCUT2D eigenvalue weighted by molar-refractivity contribution is 5.70.